The van der Waals surface area contributed by atoms with Crippen molar-refractivity contribution < 1.29 is 13.3 Å². The molecular formula is C12H9ClN2O4S. The number of para-hydroxylation sites is 1. The molecule has 0 fully saturated rings. The molecular weight excluding hydrogens is 304 g/mol. The number of anilines is 2. The van der Waals surface area contributed by atoms with Crippen molar-refractivity contribution in [1.82, 2.24) is 0 Å². The van der Waals surface area contributed by atoms with Crippen molar-refractivity contribution in [2.24, 2.45) is 0 Å². The van der Waals surface area contributed by atoms with Gasteiger partial charge < -0.3 is 5.32 Å². The number of nitrogens with zero attached hydrogens (tertiary/aromatic N) is 1. The second-order valence-corrected chi connectivity index (χ2v) is 6.43. The van der Waals surface area contributed by atoms with Crippen molar-refractivity contribution in [3.63, 3.8) is 0 Å². The molecule has 20 heavy (non-hydrogen) atoms. The van der Waals surface area contributed by atoms with Crippen LogP contribution < -0.4 is 5.32 Å². The van der Waals surface area contributed by atoms with Crippen LogP contribution in [0.4, 0.5) is 17.1 Å². The molecule has 0 heterocycles. The quantitative estimate of drug-likeness (QED) is 0.531. The number of hydrogen-bond acceptors (Lipinski definition) is 5. The third kappa shape index (κ3) is 3.25. The molecule has 0 aliphatic heterocycles. The van der Waals surface area contributed by atoms with Crippen LogP contribution in [0.1, 0.15) is 0 Å². The summed E-state index contributed by atoms with van der Waals surface area (Å²) in [7, 11) is 1.17. The Balaban J connectivity index is 2.46. The van der Waals surface area contributed by atoms with E-state index in [1.165, 1.54) is 12.1 Å². The number of nitrogens with one attached hydrogen (secondary N) is 1. The lowest BCUT2D eigenvalue weighted by molar-refractivity contribution is -0.384. The normalized spacial score (nSPS) is 11.1. The lowest BCUT2D eigenvalue weighted by Crippen LogP contribution is -1.99. The smallest absolute Gasteiger partial charge is 0.294 e. The highest BCUT2D eigenvalue weighted by Crippen LogP contribution is 2.31. The molecule has 0 saturated carbocycles. The topological polar surface area (TPSA) is 89.3 Å². The predicted molar refractivity (Wildman–Crippen MR) is 75.9 cm³/mol. The molecule has 0 bridgehead atoms. The Morgan fingerprint density at radius 3 is 2.30 bits per heavy atom. The first-order valence-corrected chi connectivity index (χ1v) is 7.74. The Morgan fingerprint density at radius 1 is 1.10 bits per heavy atom. The van der Waals surface area contributed by atoms with Crippen LogP contribution in [0, 0.1) is 10.1 Å². The first-order valence-electron chi connectivity index (χ1n) is 5.43. The van der Waals surface area contributed by atoms with E-state index in [1.807, 2.05) is 6.07 Å². The number of halogens is 1. The van der Waals surface area contributed by atoms with Crippen molar-refractivity contribution in [1.29, 1.82) is 0 Å². The number of nitro benzene ring substituents is 1. The molecule has 0 atom stereocenters. The Morgan fingerprint density at radius 2 is 1.75 bits per heavy atom. The van der Waals surface area contributed by atoms with Crippen LogP contribution in [0.2, 0.25) is 0 Å². The molecule has 0 amide bonds. The number of hydrogen-bond donors (Lipinski definition) is 1. The van der Waals surface area contributed by atoms with Crippen LogP contribution in [0.5, 0.6) is 0 Å². The minimum atomic E-state index is -4.01. The molecule has 2 aromatic carbocycles. The van der Waals surface area contributed by atoms with Crippen LogP contribution in [0.15, 0.2) is 53.4 Å². The molecule has 1 N–H and O–H groups in total. The van der Waals surface area contributed by atoms with Gasteiger partial charge in [-0.15, -0.1) is 0 Å². The zero-order chi connectivity index (χ0) is 14.8. The van der Waals surface area contributed by atoms with E-state index in [1.54, 1.807) is 24.3 Å². The molecule has 6 nitrogen and oxygen atoms in total. The molecule has 0 aromatic heterocycles. The molecule has 2 rings (SSSR count). The number of nitro groups is 1. The molecule has 104 valence electrons. The van der Waals surface area contributed by atoms with E-state index in [0.717, 1.165) is 6.07 Å². The number of benzene rings is 2. The van der Waals surface area contributed by atoms with Crippen molar-refractivity contribution in [2.45, 2.75) is 4.90 Å². The summed E-state index contributed by atoms with van der Waals surface area (Å²) in [5.74, 6) is 0. The van der Waals surface area contributed by atoms with Gasteiger partial charge in [-0.25, -0.2) is 8.42 Å². The third-order valence-electron chi connectivity index (χ3n) is 2.50. The Labute approximate surface area is 119 Å². The zero-order valence-corrected chi connectivity index (χ0v) is 11.6. The summed E-state index contributed by atoms with van der Waals surface area (Å²) in [6.45, 7) is 0. The second-order valence-electron chi connectivity index (χ2n) is 3.86. The zero-order valence-electron chi connectivity index (χ0n) is 9.99. The Hall–Kier alpha value is -2.12. The Kier molecular flexibility index (Phi) is 3.91. The van der Waals surface area contributed by atoms with E-state index >= 15 is 0 Å². The van der Waals surface area contributed by atoms with E-state index in [0.29, 0.717) is 5.69 Å². The lowest BCUT2D eigenvalue weighted by Gasteiger charge is -2.07. The van der Waals surface area contributed by atoms with Gasteiger partial charge in [-0.2, -0.15) is 0 Å². The van der Waals surface area contributed by atoms with Gasteiger partial charge in [-0.1, -0.05) is 18.2 Å². The average Bonchev–Trinajstić information content (AvgIpc) is 2.38. The average molecular weight is 313 g/mol. The fraction of sp³-hybridized carbons (Fsp3) is 0. The molecule has 2 aromatic rings. The summed E-state index contributed by atoms with van der Waals surface area (Å²) < 4.78 is 22.4. The van der Waals surface area contributed by atoms with Gasteiger partial charge in [-0.05, 0) is 24.3 Å². The molecule has 0 aliphatic rings. The monoisotopic (exact) mass is 312 g/mol. The highest BCUT2D eigenvalue weighted by Gasteiger charge is 2.19. The summed E-state index contributed by atoms with van der Waals surface area (Å²) in [5.41, 5.74) is 0.470. The minimum Gasteiger partial charge on any atom is -0.350 e. The van der Waals surface area contributed by atoms with E-state index in [-0.39, 0.29) is 16.3 Å². The molecule has 8 heteroatoms. The van der Waals surface area contributed by atoms with Gasteiger partial charge in [0.15, 0.2) is 0 Å². The fourth-order valence-electron chi connectivity index (χ4n) is 1.60. The van der Waals surface area contributed by atoms with Gasteiger partial charge in [0.1, 0.15) is 5.69 Å². The second kappa shape index (κ2) is 5.48. The van der Waals surface area contributed by atoms with Gasteiger partial charge in [0, 0.05) is 22.4 Å². The summed E-state index contributed by atoms with van der Waals surface area (Å²) in [4.78, 5) is 10.0. The van der Waals surface area contributed by atoms with Crippen LogP contribution in [-0.2, 0) is 9.05 Å². The van der Waals surface area contributed by atoms with Gasteiger partial charge in [0.25, 0.3) is 14.7 Å². The third-order valence-corrected chi connectivity index (χ3v) is 3.85. The van der Waals surface area contributed by atoms with Gasteiger partial charge in [0.05, 0.1) is 9.82 Å². The van der Waals surface area contributed by atoms with Crippen molar-refractivity contribution in [3.8, 4) is 0 Å². The van der Waals surface area contributed by atoms with Crippen molar-refractivity contribution >= 4 is 36.8 Å². The van der Waals surface area contributed by atoms with Gasteiger partial charge in [0.2, 0.25) is 0 Å². The minimum absolute atomic E-state index is 0.185. The first-order chi connectivity index (χ1) is 9.38. The molecule has 0 unspecified atom stereocenters. The van der Waals surface area contributed by atoms with Crippen LogP contribution in [0.25, 0.3) is 0 Å². The van der Waals surface area contributed by atoms with E-state index in [4.69, 9.17) is 10.7 Å². The summed E-state index contributed by atoms with van der Waals surface area (Å²) >= 11 is 0. The molecule has 0 radical (unpaired) electrons. The largest absolute Gasteiger partial charge is 0.350 e. The van der Waals surface area contributed by atoms with E-state index < -0.39 is 14.0 Å². The summed E-state index contributed by atoms with van der Waals surface area (Å²) in [6.07, 6.45) is 0. The highest BCUT2D eigenvalue weighted by molar-refractivity contribution is 8.13. The summed E-state index contributed by atoms with van der Waals surface area (Å²) in [6, 6.07) is 12.3. The molecule has 0 spiro atoms. The fourth-order valence-corrected chi connectivity index (χ4v) is 2.37. The highest BCUT2D eigenvalue weighted by atomic mass is 35.7. The van der Waals surface area contributed by atoms with Crippen LogP contribution >= 0.6 is 10.7 Å². The maximum Gasteiger partial charge on any atom is 0.294 e. The van der Waals surface area contributed by atoms with E-state index in [9.17, 15) is 18.5 Å². The van der Waals surface area contributed by atoms with Crippen molar-refractivity contribution in [2.75, 3.05) is 5.32 Å². The van der Waals surface area contributed by atoms with Crippen molar-refractivity contribution in [3.05, 3.63) is 58.6 Å². The standard InChI is InChI=1S/C12H9ClN2O4S/c13-20(18,19)10-6-7-11(12(8-10)15(16)17)14-9-4-2-1-3-5-9/h1-8,14H. The predicted octanol–water partition coefficient (Wildman–Crippen LogP) is 3.27. The molecule has 0 saturated heterocycles. The Bertz CT molecular complexity index is 747. The maximum atomic E-state index is 11.2. The number of rotatable bonds is 4. The SMILES string of the molecule is O=[N+]([O-])c1cc(S(=O)(=O)Cl)ccc1Nc1ccccc1. The maximum absolute atomic E-state index is 11.2. The van der Waals surface area contributed by atoms with Gasteiger partial charge >= 0.3 is 0 Å². The van der Waals surface area contributed by atoms with Gasteiger partial charge in [-0.3, -0.25) is 10.1 Å². The van der Waals surface area contributed by atoms with E-state index in [2.05, 4.69) is 5.32 Å². The summed E-state index contributed by atoms with van der Waals surface area (Å²) in [5, 5.41) is 13.9. The lowest BCUT2D eigenvalue weighted by atomic mass is 10.2. The molecule has 0 aliphatic carbocycles. The van der Waals surface area contributed by atoms with Crippen LogP contribution in [0.3, 0.4) is 0 Å². The van der Waals surface area contributed by atoms with Crippen LogP contribution in [-0.4, -0.2) is 13.3 Å². The first kappa shape index (κ1) is 14.3.